The molecule has 0 bridgehead atoms. The van der Waals surface area contributed by atoms with Gasteiger partial charge in [0.25, 0.3) is 0 Å². The highest BCUT2D eigenvalue weighted by atomic mass is 35.5. The first-order valence-corrected chi connectivity index (χ1v) is 11.5. The molecule has 3 rings (SSSR count). The lowest BCUT2D eigenvalue weighted by atomic mass is 10.1. The molecule has 0 aliphatic rings. The van der Waals surface area contributed by atoms with Crippen LogP contribution >= 0.6 is 11.6 Å². The third-order valence-corrected chi connectivity index (χ3v) is 6.52. The van der Waals surface area contributed by atoms with Crippen molar-refractivity contribution in [1.82, 2.24) is 4.72 Å². The maximum absolute atomic E-state index is 13.4. The molecule has 0 radical (unpaired) electrons. The number of carbonyl (C=O) groups excluding carboxylic acids is 1. The Morgan fingerprint density at radius 3 is 2.44 bits per heavy atom. The van der Waals surface area contributed by atoms with E-state index in [9.17, 15) is 17.6 Å². The second-order valence-corrected chi connectivity index (χ2v) is 9.23. The molecule has 0 aliphatic carbocycles. The summed E-state index contributed by atoms with van der Waals surface area (Å²) in [6, 6.07) is 16.0. The predicted octanol–water partition coefficient (Wildman–Crippen LogP) is 4.32. The Hall–Kier alpha value is -2.94. The number of halogens is 2. The largest absolute Gasteiger partial charge is 0.496 e. The number of nitrogens with one attached hydrogen (secondary N) is 2. The highest BCUT2D eigenvalue weighted by Gasteiger charge is 2.27. The van der Waals surface area contributed by atoms with Gasteiger partial charge in [-0.15, -0.1) is 0 Å². The number of anilines is 1. The van der Waals surface area contributed by atoms with E-state index in [4.69, 9.17) is 16.3 Å². The molecule has 0 aromatic heterocycles. The highest BCUT2D eigenvalue weighted by molar-refractivity contribution is 7.89. The standard InChI is InChI=1S/C23H22ClFN2O4S/c1-15-12-18(9-11-22(15)31-2)32(29,30)27-21(13-16-6-4-3-5-7-16)23(28)26-17-8-10-20(25)19(24)14-17/h3-12,14,21,27H,13H2,1-2H3,(H,26,28)/t21-/m0/s1. The van der Waals surface area contributed by atoms with Crippen LogP contribution in [0.1, 0.15) is 11.1 Å². The monoisotopic (exact) mass is 476 g/mol. The molecule has 32 heavy (non-hydrogen) atoms. The SMILES string of the molecule is COc1ccc(S(=O)(=O)N[C@@H](Cc2ccccc2)C(=O)Nc2ccc(F)c(Cl)c2)cc1C. The summed E-state index contributed by atoms with van der Waals surface area (Å²) >= 11 is 5.78. The molecular weight excluding hydrogens is 455 g/mol. The van der Waals surface area contributed by atoms with Crippen LogP contribution in [0.3, 0.4) is 0 Å². The summed E-state index contributed by atoms with van der Waals surface area (Å²) in [7, 11) is -2.53. The Labute approximate surface area is 191 Å². The highest BCUT2D eigenvalue weighted by Crippen LogP contribution is 2.23. The van der Waals surface area contributed by atoms with Gasteiger partial charge in [0.2, 0.25) is 15.9 Å². The third-order valence-electron chi connectivity index (χ3n) is 4.76. The molecule has 1 amide bonds. The normalized spacial score (nSPS) is 12.2. The van der Waals surface area contributed by atoms with Gasteiger partial charge >= 0.3 is 0 Å². The Morgan fingerprint density at radius 1 is 1.09 bits per heavy atom. The van der Waals surface area contributed by atoms with Gasteiger partial charge in [0.1, 0.15) is 17.6 Å². The second-order valence-electron chi connectivity index (χ2n) is 7.11. The number of sulfonamides is 1. The lowest BCUT2D eigenvalue weighted by Gasteiger charge is -2.19. The summed E-state index contributed by atoms with van der Waals surface area (Å²) in [5.41, 5.74) is 1.65. The molecule has 6 nitrogen and oxygen atoms in total. The zero-order chi connectivity index (χ0) is 23.3. The summed E-state index contributed by atoms with van der Waals surface area (Å²) in [5.74, 6) is -0.679. The van der Waals surface area contributed by atoms with Crippen molar-refractivity contribution in [3.63, 3.8) is 0 Å². The molecule has 9 heteroatoms. The van der Waals surface area contributed by atoms with Gasteiger partial charge in [-0.3, -0.25) is 4.79 Å². The fourth-order valence-corrected chi connectivity index (χ4v) is 4.58. The quantitative estimate of drug-likeness (QED) is 0.507. The molecule has 0 unspecified atom stereocenters. The Morgan fingerprint density at radius 2 is 1.81 bits per heavy atom. The van der Waals surface area contributed by atoms with Crippen LogP contribution in [0.15, 0.2) is 71.6 Å². The van der Waals surface area contributed by atoms with Gasteiger partial charge in [0, 0.05) is 5.69 Å². The smallest absolute Gasteiger partial charge is 0.242 e. The molecule has 0 saturated carbocycles. The van der Waals surface area contributed by atoms with E-state index in [1.807, 2.05) is 6.07 Å². The number of benzene rings is 3. The van der Waals surface area contributed by atoms with Crippen LogP contribution in [0.4, 0.5) is 10.1 Å². The fraction of sp³-hybridized carbons (Fsp3) is 0.174. The van der Waals surface area contributed by atoms with Crippen molar-refractivity contribution in [3.05, 3.63) is 88.7 Å². The van der Waals surface area contributed by atoms with Gasteiger partial charge in [0.15, 0.2) is 0 Å². The minimum absolute atomic E-state index is 0.00601. The van der Waals surface area contributed by atoms with Crippen LogP contribution in [0.5, 0.6) is 5.75 Å². The minimum Gasteiger partial charge on any atom is -0.496 e. The lowest BCUT2D eigenvalue weighted by Crippen LogP contribution is -2.45. The fourth-order valence-electron chi connectivity index (χ4n) is 3.11. The van der Waals surface area contributed by atoms with Gasteiger partial charge in [-0.05, 0) is 60.9 Å². The predicted molar refractivity (Wildman–Crippen MR) is 122 cm³/mol. The van der Waals surface area contributed by atoms with Crippen molar-refractivity contribution in [3.8, 4) is 5.75 Å². The molecule has 0 fully saturated rings. The first kappa shape index (κ1) is 23.7. The van der Waals surface area contributed by atoms with E-state index in [1.54, 1.807) is 37.3 Å². The van der Waals surface area contributed by atoms with E-state index in [1.165, 1.54) is 31.4 Å². The van der Waals surface area contributed by atoms with E-state index >= 15 is 0 Å². The van der Waals surface area contributed by atoms with Crippen LogP contribution in [0.25, 0.3) is 0 Å². The topological polar surface area (TPSA) is 84.5 Å². The number of hydrogen-bond acceptors (Lipinski definition) is 4. The summed E-state index contributed by atoms with van der Waals surface area (Å²) in [6.07, 6.45) is 0.107. The zero-order valence-corrected chi connectivity index (χ0v) is 19.0. The lowest BCUT2D eigenvalue weighted by molar-refractivity contribution is -0.117. The van der Waals surface area contributed by atoms with Gasteiger partial charge in [-0.25, -0.2) is 12.8 Å². The van der Waals surface area contributed by atoms with Gasteiger partial charge in [-0.1, -0.05) is 41.9 Å². The molecule has 0 heterocycles. The Kier molecular flexibility index (Phi) is 7.50. The van der Waals surface area contributed by atoms with Crippen LogP contribution in [-0.4, -0.2) is 27.5 Å². The summed E-state index contributed by atoms with van der Waals surface area (Å²) in [6.45, 7) is 1.73. The van der Waals surface area contributed by atoms with Crippen LogP contribution in [-0.2, 0) is 21.2 Å². The number of amides is 1. The van der Waals surface area contributed by atoms with Gasteiger partial charge in [0.05, 0.1) is 17.0 Å². The molecule has 2 N–H and O–H groups in total. The van der Waals surface area contributed by atoms with Gasteiger partial charge in [-0.2, -0.15) is 4.72 Å². The summed E-state index contributed by atoms with van der Waals surface area (Å²) in [4.78, 5) is 13.0. The molecule has 168 valence electrons. The molecule has 1 atom stereocenters. The van der Waals surface area contributed by atoms with Crippen LogP contribution in [0, 0.1) is 12.7 Å². The van der Waals surface area contributed by atoms with Crippen molar-refractivity contribution in [2.45, 2.75) is 24.3 Å². The molecule has 3 aromatic carbocycles. The number of methoxy groups -OCH3 is 1. The molecule has 3 aromatic rings. The van der Waals surface area contributed by atoms with Crippen molar-refractivity contribution in [2.75, 3.05) is 12.4 Å². The number of aryl methyl sites for hydroxylation is 1. The van der Waals surface area contributed by atoms with Gasteiger partial charge < -0.3 is 10.1 Å². The van der Waals surface area contributed by atoms with E-state index in [-0.39, 0.29) is 22.0 Å². The van der Waals surface area contributed by atoms with Crippen molar-refractivity contribution >= 4 is 33.2 Å². The molecule has 0 saturated heterocycles. The van der Waals surface area contributed by atoms with E-state index in [0.717, 1.165) is 11.6 Å². The van der Waals surface area contributed by atoms with Crippen molar-refractivity contribution in [1.29, 1.82) is 0 Å². The second kappa shape index (κ2) is 10.1. The number of ether oxygens (including phenoxy) is 1. The summed E-state index contributed by atoms with van der Waals surface area (Å²) < 4.78 is 47.2. The first-order valence-electron chi connectivity index (χ1n) is 9.66. The number of rotatable bonds is 8. The Balaban J connectivity index is 1.88. The number of carbonyl (C=O) groups is 1. The van der Waals surface area contributed by atoms with E-state index in [0.29, 0.717) is 11.3 Å². The average molecular weight is 477 g/mol. The van der Waals surface area contributed by atoms with E-state index in [2.05, 4.69) is 10.0 Å². The minimum atomic E-state index is -4.03. The molecule has 0 spiro atoms. The molecule has 0 aliphatic heterocycles. The van der Waals surface area contributed by atoms with Crippen molar-refractivity contribution < 1.29 is 22.3 Å². The molecular formula is C23H22ClFN2O4S. The first-order chi connectivity index (χ1) is 15.2. The average Bonchev–Trinajstić information content (AvgIpc) is 2.76. The third kappa shape index (κ3) is 5.85. The van der Waals surface area contributed by atoms with E-state index < -0.39 is 27.8 Å². The zero-order valence-electron chi connectivity index (χ0n) is 17.4. The Bertz CT molecular complexity index is 1220. The van der Waals surface area contributed by atoms with Crippen molar-refractivity contribution in [2.24, 2.45) is 0 Å². The maximum atomic E-state index is 13.4. The van der Waals surface area contributed by atoms with Crippen LogP contribution < -0.4 is 14.8 Å². The maximum Gasteiger partial charge on any atom is 0.242 e. The summed E-state index contributed by atoms with van der Waals surface area (Å²) in [5, 5.41) is 2.44. The number of hydrogen-bond donors (Lipinski definition) is 2. The van der Waals surface area contributed by atoms with Crippen LogP contribution in [0.2, 0.25) is 5.02 Å².